The van der Waals surface area contributed by atoms with Gasteiger partial charge < -0.3 is 4.98 Å². The molecule has 0 radical (unpaired) electrons. The molecule has 0 spiro atoms. The molecular formula is C20H19N5OS. The molecule has 2 aromatic carbocycles. The molecular weight excluding hydrogens is 358 g/mol. The molecule has 2 heterocycles. The van der Waals surface area contributed by atoms with Crippen LogP contribution < -0.4 is 5.56 Å². The number of para-hydroxylation sites is 2. The molecule has 27 heavy (non-hydrogen) atoms. The maximum atomic E-state index is 12.2. The Bertz CT molecular complexity index is 1130. The van der Waals surface area contributed by atoms with E-state index < -0.39 is 0 Å². The molecule has 0 amide bonds. The quantitative estimate of drug-likeness (QED) is 0.534. The van der Waals surface area contributed by atoms with Crippen LogP contribution >= 0.6 is 11.8 Å². The topological polar surface area (TPSA) is 76.5 Å². The Kier molecular flexibility index (Phi) is 4.77. The zero-order chi connectivity index (χ0) is 18.8. The van der Waals surface area contributed by atoms with Crippen LogP contribution in [0.3, 0.4) is 0 Å². The van der Waals surface area contributed by atoms with E-state index in [9.17, 15) is 4.79 Å². The molecule has 0 aliphatic carbocycles. The van der Waals surface area contributed by atoms with Crippen molar-refractivity contribution < 1.29 is 0 Å². The van der Waals surface area contributed by atoms with Gasteiger partial charge in [0.25, 0.3) is 5.56 Å². The van der Waals surface area contributed by atoms with Gasteiger partial charge in [0, 0.05) is 5.92 Å². The Morgan fingerprint density at radius 1 is 1.04 bits per heavy atom. The van der Waals surface area contributed by atoms with Gasteiger partial charge in [-0.05, 0) is 24.3 Å². The zero-order valence-corrected chi connectivity index (χ0v) is 15.9. The molecule has 1 N–H and O–H groups in total. The second-order valence-electron chi connectivity index (χ2n) is 6.47. The van der Waals surface area contributed by atoms with Crippen LogP contribution in [-0.2, 0) is 5.75 Å². The molecule has 0 aliphatic heterocycles. The van der Waals surface area contributed by atoms with E-state index in [1.165, 1.54) is 11.8 Å². The monoisotopic (exact) mass is 377 g/mol. The van der Waals surface area contributed by atoms with Crippen molar-refractivity contribution in [1.29, 1.82) is 0 Å². The number of nitrogens with zero attached hydrogens (tertiary/aromatic N) is 4. The van der Waals surface area contributed by atoms with Crippen molar-refractivity contribution in [2.75, 3.05) is 0 Å². The lowest BCUT2D eigenvalue weighted by atomic mass is 10.2. The van der Waals surface area contributed by atoms with Gasteiger partial charge in [0.15, 0.2) is 0 Å². The lowest BCUT2D eigenvalue weighted by Crippen LogP contribution is -2.11. The van der Waals surface area contributed by atoms with Crippen LogP contribution in [0.4, 0.5) is 0 Å². The van der Waals surface area contributed by atoms with E-state index in [0.29, 0.717) is 27.6 Å². The van der Waals surface area contributed by atoms with E-state index in [2.05, 4.69) is 33.9 Å². The van der Waals surface area contributed by atoms with Crippen molar-refractivity contribution >= 4 is 22.7 Å². The van der Waals surface area contributed by atoms with Gasteiger partial charge in [-0.25, -0.2) is 14.6 Å². The molecule has 4 rings (SSSR count). The van der Waals surface area contributed by atoms with E-state index >= 15 is 0 Å². The van der Waals surface area contributed by atoms with Crippen LogP contribution in [0.1, 0.15) is 31.4 Å². The standard InChI is InChI=1S/C20H19N5OS/c1-13(2)18-23-20(24-25(18)14-8-4-3-5-9-14)27-12-17-21-16-11-7-6-10-15(16)19(26)22-17/h3-11,13H,12H2,1-2H3,(H,21,22,26). The first-order valence-corrected chi connectivity index (χ1v) is 9.73. The van der Waals surface area contributed by atoms with Crippen molar-refractivity contribution in [3.05, 3.63) is 76.6 Å². The lowest BCUT2D eigenvalue weighted by Gasteiger charge is -2.07. The second kappa shape index (κ2) is 7.36. The molecule has 136 valence electrons. The van der Waals surface area contributed by atoms with Gasteiger partial charge in [0.05, 0.1) is 22.3 Å². The normalized spacial score (nSPS) is 11.4. The van der Waals surface area contributed by atoms with Crippen LogP contribution in [0.15, 0.2) is 64.5 Å². The molecule has 2 aromatic heterocycles. The number of aromatic amines is 1. The summed E-state index contributed by atoms with van der Waals surface area (Å²) in [5.74, 6) is 2.26. The average molecular weight is 377 g/mol. The van der Waals surface area contributed by atoms with Crippen molar-refractivity contribution in [2.24, 2.45) is 0 Å². The molecule has 0 saturated heterocycles. The highest BCUT2D eigenvalue weighted by Gasteiger charge is 2.15. The molecule has 4 aromatic rings. The molecule has 6 nitrogen and oxygen atoms in total. The highest BCUT2D eigenvalue weighted by Crippen LogP contribution is 2.23. The fourth-order valence-corrected chi connectivity index (χ4v) is 3.53. The SMILES string of the molecule is CC(C)c1nc(SCc2nc3ccccc3c(=O)[nH]2)nn1-c1ccccc1. The Morgan fingerprint density at radius 2 is 1.78 bits per heavy atom. The Hall–Kier alpha value is -2.93. The number of benzene rings is 2. The van der Waals surface area contributed by atoms with Gasteiger partial charge in [-0.3, -0.25) is 4.79 Å². The van der Waals surface area contributed by atoms with Gasteiger partial charge in [-0.2, -0.15) is 0 Å². The number of H-pyrrole nitrogens is 1. The highest BCUT2D eigenvalue weighted by molar-refractivity contribution is 7.98. The highest BCUT2D eigenvalue weighted by atomic mass is 32.2. The Balaban J connectivity index is 1.61. The van der Waals surface area contributed by atoms with Gasteiger partial charge in [-0.1, -0.05) is 55.9 Å². The number of fused-ring (bicyclic) bond motifs is 1. The third-order valence-corrected chi connectivity index (χ3v) is 4.98. The van der Waals surface area contributed by atoms with E-state index in [0.717, 1.165) is 11.5 Å². The van der Waals surface area contributed by atoms with Crippen LogP contribution in [-0.4, -0.2) is 24.7 Å². The van der Waals surface area contributed by atoms with E-state index in [4.69, 9.17) is 0 Å². The first-order chi connectivity index (χ1) is 13.1. The molecule has 7 heteroatoms. The maximum absolute atomic E-state index is 12.2. The summed E-state index contributed by atoms with van der Waals surface area (Å²) in [7, 11) is 0. The van der Waals surface area contributed by atoms with Gasteiger partial charge in [-0.15, -0.1) is 5.10 Å². The Labute approximate surface area is 160 Å². The molecule has 0 atom stereocenters. The van der Waals surface area contributed by atoms with Crippen LogP contribution in [0.5, 0.6) is 0 Å². The fourth-order valence-electron chi connectivity index (χ4n) is 2.83. The first-order valence-electron chi connectivity index (χ1n) is 8.75. The minimum absolute atomic E-state index is 0.123. The van der Waals surface area contributed by atoms with Crippen molar-refractivity contribution in [3.8, 4) is 5.69 Å². The first kappa shape index (κ1) is 17.5. The predicted octanol–water partition coefficient (Wildman–Crippen LogP) is 3.92. The molecule has 0 bridgehead atoms. The third kappa shape index (κ3) is 3.64. The maximum Gasteiger partial charge on any atom is 0.258 e. The number of thioether (sulfide) groups is 1. The number of rotatable bonds is 5. The molecule has 0 saturated carbocycles. The summed E-state index contributed by atoms with van der Waals surface area (Å²) in [4.78, 5) is 24.3. The van der Waals surface area contributed by atoms with Crippen LogP contribution in [0.2, 0.25) is 0 Å². The van der Waals surface area contributed by atoms with Crippen molar-refractivity contribution in [3.63, 3.8) is 0 Å². The summed E-state index contributed by atoms with van der Waals surface area (Å²) in [6.07, 6.45) is 0. The van der Waals surface area contributed by atoms with E-state index in [-0.39, 0.29) is 11.5 Å². The van der Waals surface area contributed by atoms with E-state index in [1.54, 1.807) is 6.07 Å². The lowest BCUT2D eigenvalue weighted by molar-refractivity contribution is 0.712. The van der Waals surface area contributed by atoms with Crippen LogP contribution in [0.25, 0.3) is 16.6 Å². The Morgan fingerprint density at radius 3 is 2.56 bits per heavy atom. The molecule has 0 fully saturated rings. The summed E-state index contributed by atoms with van der Waals surface area (Å²) in [5, 5.41) is 5.91. The average Bonchev–Trinajstić information content (AvgIpc) is 3.12. The summed E-state index contributed by atoms with van der Waals surface area (Å²) in [5.41, 5.74) is 1.56. The summed E-state index contributed by atoms with van der Waals surface area (Å²) >= 11 is 1.46. The third-order valence-electron chi connectivity index (χ3n) is 4.13. The summed E-state index contributed by atoms with van der Waals surface area (Å²) < 4.78 is 1.88. The second-order valence-corrected chi connectivity index (χ2v) is 7.42. The van der Waals surface area contributed by atoms with E-state index in [1.807, 2.05) is 53.2 Å². The van der Waals surface area contributed by atoms with Crippen molar-refractivity contribution in [2.45, 2.75) is 30.7 Å². The number of hydrogen-bond donors (Lipinski definition) is 1. The predicted molar refractivity (Wildman–Crippen MR) is 107 cm³/mol. The smallest absolute Gasteiger partial charge is 0.258 e. The van der Waals surface area contributed by atoms with Gasteiger partial charge >= 0.3 is 0 Å². The number of aromatic nitrogens is 5. The van der Waals surface area contributed by atoms with Gasteiger partial charge in [0.2, 0.25) is 5.16 Å². The minimum Gasteiger partial charge on any atom is -0.309 e. The molecule has 0 aliphatic rings. The summed E-state index contributed by atoms with van der Waals surface area (Å²) in [6, 6.07) is 17.3. The fraction of sp³-hybridized carbons (Fsp3) is 0.200. The minimum atomic E-state index is -0.123. The number of nitrogens with one attached hydrogen (secondary N) is 1. The van der Waals surface area contributed by atoms with Crippen LogP contribution in [0, 0.1) is 0 Å². The number of hydrogen-bond acceptors (Lipinski definition) is 5. The summed E-state index contributed by atoms with van der Waals surface area (Å²) in [6.45, 7) is 4.19. The van der Waals surface area contributed by atoms with Crippen molar-refractivity contribution in [1.82, 2.24) is 24.7 Å². The molecule has 0 unspecified atom stereocenters. The van der Waals surface area contributed by atoms with Gasteiger partial charge in [0.1, 0.15) is 11.6 Å². The zero-order valence-electron chi connectivity index (χ0n) is 15.1. The largest absolute Gasteiger partial charge is 0.309 e.